The van der Waals surface area contributed by atoms with Crippen LogP contribution in [0.1, 0.15) is 24.1 Å². The summed E-state index contributed by atoms with van der Waals surface area (Å²) in [6.07, 6.45) is 6.17. The van der Waals surface area contributed by atoms with Crippen LogP contribution in [-0.2, 0) is 0 Å². The lowest BCUT2D eigenvalue weighted by Crippen LogP contribution is -2.20. The second-order valence-electron chi connectivity index (χ2n) is 7.15. The van der Waals surface area contributed by atoms with E-state index in [4.69, 9.17) is 0 Å². The molecule has 4 aromatic rings. The topological polar surface area (TPSA) is 67.8 Å². The van der Waals surface area contributed by atoms with Crippen LogP contribution in [0.4, 0.5) is 5.69 Å². The Kier molecular flexibility index (Phi) is 3.50. The zero-order valence-corrected chi connectivity index (χ0v) is 15.4. The lowest BCUT2D eigenvalue weighted by molar-refractivity contribution is 0.922. The average Bonchev–Trinajstić information content (AvgIpc) is 3.30. The van der Waals surface area contributed by atoms with Crippen molar-refractivity contribution in [1.29, 1.82) is 0 Å². The molecule has 5 heterocycles. The predicted molar refractivity (Wildman–Crippen MR) is 104 cm³/mol. The third kappa shape index (κ3) is 2.66. The van der Waals surface area contributed by atoms with E-state index in [1.165, 1.54) is 12.8 Å². The minimum absolute atomic E-state index is 0.0996. The number of anilines is 1. The Balaban J connectivity index is 1.64. The van der Waals surface area contributed by atoms with Crippen LogP contribution >= 0.6 is 0 Å². The Morgan fingerprint density at radius 2 is 1.78 bits per heavy atom. The molecular weight excluding hydrogens is 340 g/mol. The van der Waals surface area contributed by atoms with E-state index in [1.54, 1.807) is 15.0 Å². The molecule has 0 unspecified atom stereocenters. The lowest BCUT2D eigenvalue weighted by atomic mass is 10.2. The number of rotatable bonds is 2. The number of nitrogens with zero attached hydrogens (tertiary/aromatic N) is 6. The van der Waals surface area contributed by atoms with Crippen LogP contribution in [0.25, 0.3) is 22.7 Å². The standard InChI is InChI=1S/C20H20N6O/c1-13-9-17(23-26-11-14(2)21-20(13)26)16-10-19(27)25-12-15(5-6-18(25)22-16)24-7-3-4-8-24/h5-6,9-12H,3-4,7-8H2,1-2H3. The molecule has 1 fully saturated rings. The SMILES string of the molecule is Cc1cn2nc(-c3cc(=O)n4cc(N5CCCC5)ccc4n3)cc(C)c2n1. The highest BCUT2D eigenvalue weighted by atomic mass is 16.1. The maximum atomic E-state index is 12.8. The van der Waals surface area contributed by atoms with Gasteiger partial charge < -0.3 is 4.90 Å². The second kappa shape index (κ2) is 5.90. The molecule has 1 saturated heterocycles. The zero-order chi connectivity index (χ0) is 18.5. The fraction of sp³-hybridized carbons (Fsp3) is 0.300. The largest absolute Gasteiger partial charge is 0.370 e. The first-order chi connectivity index (χ1) is 13.1. The molecule has 0 amide bonds. The van der Waals surface area contributed by atoms with Gasteiger partial charge in [0.15, 0.2) is 5.65 Å². The van der Waals surface area contributed by atoms with Crippen molar-refractivity contribution in [1.82, 2.24) is 24.0 Å². The maximum Gasteiger partial charge on any atom is 0.258 e. The van der Waals surface area contributed by atoms with E-state index in [9.17, 15) is 4.79 Å². The predicted octanol–water partition coefficient (Wildman–Crippen LogP) is 2.62. The Morgan fingerprint density at radius 1 is 0.963 bits per heavy atom. The van der Waals surface area contributed by atoms with Gasteiger partial charge in [-0.05, 0) is 50.5 Å². The quantitative estimate of drug-likeness (QED) is 0.550. The normalized spacial score (nSPS) is 14.5. The minimum Gasteiger partial charge on any atom is -0.370 e. The van der Waals surface area contributed by atoms with Crippen LogP contribution < -0.4 is 10.5 Å². The Morgan fingerprint density at radius 3 is 2.59 bits per heavy atom. The molecule has 0 atom stereocenters. The van der Waals surface area contributed by atoms with Gasteiger partial charge in [-0.15, -0.1) is 0 Å². The number of aryl methyl sites for hydroxylation is 2. The van der Waals surface area contributed by atoms with Gasteiger partial charge in [-0.2, -0.15) is 5.10 Å². The molecule has 7 heteroatoms. The molecule has 1 aliphatic heterocycles. The summed E-state index contributed by atoms with van der Waals surface area (Å²) in [6.45, 7) is 6.01. The molecule has 0 saturated carbocycles. The summed E-state index contributed by atoms with van der Waals surface area (Å²) >= 11 is 0. The van der Waals surface area contributed by atoms with Gasteiger partial charge in [0.1, 0.15) is 11.3 Å². The summed E-state index contributed by atoms with van der Waals surface area (Å²) in [5.74, 6) is 0. The van der Waals surface area contributed by atoms with Crippen LogP contribution in [-0.4, -0.2) is 37.1 Å². The third-order valence-corrected chi connectivity index (χ3v) is 5.11. The Labute approximate surface area is 155 Å². The number of imidazole rings is 1. The van der Waals surface area contributed by atoms with Gasteiger partial charge in [-0.25, -0.2) is 14.5 Å². The van der Waals surface area contributed by atoms with E-state index < -0.39 is 0 Å². The van der Waals surface area contributed by atoms with Gasteiger partial charge >= 0.3 is 0 Å². The van der Waals surface area contributed by atoms with Gasteiger partial charge in [-0.3, -0.25) is 9.20 Å². The molecule has 0 aromatic carbocycles. The summed E-state index contributed by atoms with van der Waals surface area (Å²) < 4.78 is 3.36. The van der Waals surface area contributed by atoms with Crippen LogP contribution in [0.5, 0.6) is 0 Å². The minimum atomic E-state index is -0.0996. The van der Waals surface area contributed by atoms with Crippen LogP contribution in [0.3, 0.4) is 0 Å². The average molecular weight is 360 g/mol. The monoisotopic (exact) mass is 360 g/mol. The van der Waals surface area contributed by atoms with Gasteiger partial charge in [0, 0.05) is 25.4 Å². The molecule has 27 heavy (non-hydrogen) atoms. The van der Waals surface area contributed by atoms with Crippen LogP contribution in [0.15, 0.2) is 41.5 Å². The molecule has 136 valence electrons. The molecule has 4 aromatic heterocycles. The van der Waals surface area contributed by atoms with E-state index in [1.807, 2.05) is 44.4 Å². The van der Waals surface area contributed by atoms with Crippen LogP contribution in [0, 0.1) is 13.8 Å². The summed E-state index contributed by atoms with van der Waals surface area (Å²) in [5, 5.41) is 4.59. The summed E-state index contributed by atoms with van der Waals surface area (Å²) in [4.78, 5) is 24.2. The molecule has 5 rings (SSSR count). The molecule has 0 bridgehead atoms. The first-order valence-corrected chi connectivity index (χ1v) is 9.21. The molecule has 7 nitrogen and oxygen atoms in total. The second-order valence-corrected chi connectivity index (χ2v) is 7.15. The molecule has 0 spiro atoms. The van der Waals surface area contributed by atoms with Crippen molar-refractivity contribution in [2.24, 2.45) is 0 Å². The number of pyridine rings is 1. The number of hydrogen-bond acceptors (Lipinski definition) is 5. The first kappa shape index (κ1) is 16.0. The molecule has 0 radical (unpaired) electrons. The van der Waals surface area contributed by atoms with Crippen molar-refractivity contribution < 1.29 is 0 Å². The van der Waals surface area contributed by atoms with Gasteiger partial charge in [0.25, 0.3) is 5.56 Å². The Bertz CT molecular complexity index is 1230. The van der Waals surface area contributed by atoms with Crippen molar-refractivity contribution in [3.05, 3.63) is 58.3 Å². The van der Waals surface area contributed by atoms with Crippen molar-refractivity contribution in [3.8, 4) is 11.4 Å². The highest BCUT2D eigenvalue weighted by Gasteiger charge is 2.14. The van der Waals surface area contributed by atoms with E-state index in [0.29, 0.717) is 17.0 Å². The molecule has 0 N–H and O–H groups in total. The van der Waals surface area contributed by atoms with Gasteiger partial charge in [-0.1, -0.05) is 0 Å². The maximum absolute atomic E-state index is 12.8. The molecular formula is C20H20N6O. The summed E-state index contributed by atoms with van der Waals surface area (Å²) in [7, 11) is 0. The van der Waals surface area contributed by atoms with E-state index in [0.717, 1.165) is 35.7 Å². The number of aromatic nitrogens is 5. The van der Waals surface area contributed by atoms with Gasteiger partial charge in [0.05, 0.1) is 23.3 Å². The highest BCUT2D eigenvalue weighted by Crippen LogP contribution is 2.22. The number of fused-ring (bicyclic) bond motifs is 2. The highest BCUT2D eigenvalue weighted by molar-refractivity contribution is 5.62. The third-order valence-electron chi connectivity index (χ3n) is 5.11. The van der Waals surface area contributed by atoms with Crippen molar-refractivity contribution in [2.45, 2.75) is 26.7 Å². The zero-order valence-electron chi connectivity index (χ0n) is 15.4. The molecule has 0 aliphatic carbocycles. The molecule has 1 aliphatic rings. The van der Waals surface area contributed by atoms with E-state index in [-0.39, 0.29) is 5.56 Å². The smallest absolute Gasteiger partial charge is 0.258 e. The van der Waals surface area contributed by atoms with Crippen molar-refractivity contribution in [3.63, 3.8) is 0 Å². The lowest BCUT2D eigenvalue weighted by Gasteiger charge is -2.18. The number of hydrogen-bond donors (Lipinski definition) is 0. The summed E-state index contributed by atoms with van der Waals surface area (Å²) in [5.41, 5.74) is 5.57. The van der Waals surface area contributed by atoms with E-state index in [2.05, 4.69) is 20.0 Å². The van der Waals surface area contributed by atoms with Gasteiger partial charge in [0.2, 0.25) is 0 Å². The Hall–Kier alpha value is -3.22. The van der Waals surface area contributed by atoms with E-state index >= 15 is 0 Å². The fourth-order valence-corrected chi connectivity index (χ4v) is 3.76. The first-order valence-electron chi connectivity index (χ1n) is 9.21. The van der Waals surface area contributed by atoms with Crippen LogP contribution in [0.2, 0.25) is 0 Å². The fourth-order valence-electron chi connectivity index (χ4n) is 3.76. The summed E-state index contributed by atoms with van der Waals surface area (Å²) in [6, 6.07) is 7.43. The van der Waals surface area contributed by atoms with Crippen molar-refractivity contribution in [2.75, 3.05) is 18.0 Å². The van der Waals surface area contributed by atoms with Crippen molar-refractivity contribution >= 4 is 17.0 Å².